The van der Waals surface area contributed by atoms with Crippen molar-refractivity contribution in [1.29, 1.82) is 0 Å². The van der Waals surface area contributed by atoms with Crippen molar-refractivity contribution < 1.29 is 4.52 Å². The van der Waals surface area contributed by atoms with E-state index in [4.69, 9.17) is 12.2 Å². The SMILES string of the molecule is S=C(NCc1ncon1)NC1CCCC1. The van der Waals surface area contributed by atoms with Crippen LogP contribution >= 0.6 is 12.2 Å². The smallest absolute Gasteiger partial charge is 0.213 e. The first kappa shape index (κ1) is 10.4. The summed E-state index contributed by atoms with van der Waals surface area (Å²) in [6.45, 7) is 0.509. The Kier molecular flexibility index (Phi) is 3.49. The molecule has 1 fully saturated rings. The van der Waals surface area contributed by atoms with E-state index in [9.17, 15) is 0 Å². The normalized spacial score (nSPS) is 16.5. The molecule has 1 saturated carbocycles. The molecule has 2 rings (SSSR count). The van der Waals surface area contributed by atoms with Gasteiger partial charge in [0, 0.05) is 6.04 Å². The Labute approximate surface area is 93.6 Å². The highest BCUT2D eigenvalue weighted by molar-refractivity contribution is 7.80. The van der Waals surface area contributed by atoms with Gasteiger partial charge in [-0.25, -0.2) is 0 Å². The van der Waals surface area contributed by atoms with Crippen molar-refractivity contribution in [2.45, 2.75) is 38.3 Å². The van der Waals surface area contributed by atoms with Crippen LogP contribution in [0.3, 0.4) is 0 Å². The molecule has 1 aliphatic carbocycles. The van der Waals surface area contributed by atoms with E-state index in [0.29, 0.717) is 23.5 Å². The lowest BCUT2D eigenvalue weighted by molar-refractivity contribution is 0.409. The first-order chi connectivity index (χ1) is 7.34. The molecular formula is C9H14N4OS. The van der Waals surface area contributed by atoms with Crippen LogP contribution < -0.4 is 10.6 Å². The second-order valence-corrected chi connectivity index (χ2v) is 4.06. The molecule has 0 aliphatic heterocycles. The van der Waals surface area contributed by atoms with Crippen LogP contribution in [0.1, 0.15) is 31.5 Å². The summed E-state index contributed by atoms with van der Waals surface area (Å²) in [7, 11) is 0. The number of nitrogens with zero attached hydrogens (tertiary/aromatic N) is 2. The third kappa shape index (κ3) is 3.16. The van der Waals surface area contributed by atoms with Gasteiger partial charge in [0.1, 0.15) is 0 Å². The molecule has 82 valence electrons. The van der Waals surface area contributed by atoms with E-state index in [1.54, 1.807) is 0 Å². The Morgan fingerprint density at radius 3 is 3.00 bits per heavy atom. The molecule has 1 aromatic heterocycles. The van der Waals surface area contributed by atoms with Crippen molar-refractivity contribution in [3.05, 3.63) is 12.2 Å². The van der Waals surface area contributed by atoms with Crippen LogP contribution in [0.2, 0.25) is 0 Å². The molecule has 0 unspecified atom stereocenters. The Bertz CT molecular complexity index is 308. The molecule has 15 heavy (non-hydrogen) atoms. The van der Waals surface area contributed by atoms with E-state index in [-0.39, 0.29) is 0 Å². The van der Waals surface area contributed by atoms with Gasteiger partial charge in [-0.2, -0.15) is 4.98 Å². The third-order valence-electron chi connectivity index (χ3n) is 2.50. The molecule has 0 radical (unpaired) electrons. The molecule has 1 aromatic rings. The number of rotatable bonds is 3. The predicted octanol–water partition coefficient (Wildman–Crippen LogP) is 0.976. The molecule has 6 heteroatoms. The van der Waals surface area contributed by atoms with Gasteiger partial charge in [-0.1, -0.05) is 18.0 Å². The third-order valence-corrected chi connectivity index (χ3v) is 2.77. The second kappa shape index (κ2) is 5.06. The molecule has 0 saturated heterocycles. The van der Waals surface area contributed by atoms with Gasteiger partial charge < -0.3 is 15.2 Å². The fourth-order valence-corrected chi connectivity index (χ4v) is 1.98. The van der Waals surface area contributed by atoms with Gasteiger partial charge in [0.25, 0.3) is 0 Å². The minimum absolute atomic E-state index is 0.509. The Balaban J connectivity index is 1.68. The van der Waals surface area contributed by atoms with Crippen molar-refractivity contribution >= 4 is 17.3 Å². The highest BCUT2D eigenvalue weighted by Gasteiger charge is 2.15. The zero-order valence-corrected chi connectivity index (χ0v) is 9.22. The second-order valence-electron chi connectivity index (χ2n) is 3.66. The molecule has 0 spiro atoms. The van der Waals surface area contributed by atoms with Crippen LogP contribution in [-0.2, 0) is 6.54 Å². The Morgan fingerprint density at radius 2 is 2.33 bits per heavy atom. The predicted molar refractivity (Wildman–Crippen MR) is 59.1 cm³/mol. The van der Waals surface area contributed by atoms with Gasteiger partial charge in [0.05, 0.1) is 6.54 Å². The van der Waals surface area contributed by atoms with Crippen molar-refractivity contribution in [3.8, 4) is 0 Å². The molecule has 0 bridgehead atoms. The number of thiocarbonyl (C=S) groups is 1. The summed E-state index contributed by atoms with van der Waals surface area (Å²) < 4.78 is 4.62. The van der Waals surface area contributed by atoms with E-state index < -0.39 is 0 Å². The van der Waals surface area contributed by atoms with Crippen LogP contribution in [0.5, 0.6) is 0 Å². The summed E-state index contributed by atoms with van der Waals surface area (Å²) in [5, 5.41) is 10.7. The fraction of sp³-hybridized carbons (Fsp3) is 0.667. The Hall–Kier alpha value is -1.17. The van der Waals surface area contributed by atoms with Crippen LogP contribution in [0.4, 0.5) is 0 Å². The van der Waals surface area contributed by atoms with Crippen LogP contribution in [0.25, 0.3) is 0 Å². The van der Waals surface area contributed by atoms with Gasteiger partial charge in [-0.3, -0.25) is 0 Å². The maximum absolute atomic E-state index is 5.16. The molecule has 1 heterocycles. The molecular weight excluding hydrogens is 212 g/mol. The molecule has 5 nitrogen and oxygen atoms in total. The highest BCUT2D eigenvalue weighted by Crippen LogP contribution is 2.17. The van der Waals surface area contributed by atoms with Gasteiger partial charge in [-0.05, 0) is 25.1 Å². The van der Waals surface area contributed by atoms with Crippen molar-refractivity contribution in [3.63, 3.8) is 0 Å². The lowest BCUT2D eigenvalue weighted by Gasteiger charge is -2.14. The summed E-state index contributed by atoms with van der Waals surface area (Å²) in [6.07, 6.45) is 6.33. The van der Waals surface area contributed by atoms with Crippen molar-refractivity contribution in [2.24, 2.45) is 0 Å². The summed E-state index contributed by atoms with van der Waals surface area (Å²) in [5.74, 6) is 0.616. The number of aromatic nitrogens is 2. The monoisotopic (exact) mass is 226 g/mol. The van der Waals surface area contributed by atoms with E-state index in [1.165, 1.54) is 32.1 Å². The summed E-state index contributed by atoms with van der Waals surface area (Å²) in [4.78, 5) is 3.89. The minimum Gasteiger partial charge on any atom is -0.360 e. The van der Waals surface area contributed by atoms with E-state index >= 15 is 0 Å². The lowest BCUT2D eigenvalue weighted by Crippen LogP contribution is -2.40. The fourth-order valence-electron chi connectivity index (χ4n) is 1.74. The van der Waals surface area contributed by atoms with Crippen LogP contribution in [0, 0.1) is 0 Å². The maximum atomic E-state index is 5.16. The lowest BCUT2D eigenvalue weighted by atomic mass is 10.3. The standard InChI is InChI=1S/C9H14N4OS/c15-9(12-7-3-1-2-4-7)10-5-8-11-6-14-13-8/h6-7H,1-5H2,(H2,10,12,15). The zero-order valence-electron chi connectivity index (χ0n) is 8.40. The molecule has 2 N–H and O–H groups in total. The highest BCUT2D eigenvalue weighted by atomic mass is 32.1. The van der Waals surface area contributed by atoms with Crippen molar-refractivity contribution in [2.75, 3.05) is 0 Å². The van der Waals surface area contributed by atoms with E-state index in [0.717, 1.165) is 0 Å². The first-order valence-corrected chi connectivity index (χ1v) is 5.55. The van der Waals surface area contributed by atoms with Gasteiger partial charge in [0.2, 0.25) is 6.39 Å². The minimum atomic E-state index is 0.509. The van der Waals surface area contributed by atoms with E-state index in [2.05, 4.69) is 25.3 Å². The first-order valence-electron chi connectivity index (χ1n) is 5.14. The van der Waals surface area contributed by atoms with Crippen LogP contribution in [-0.4, -0.2) is 21.3 Å². The zero-order chi connectivity index (χ0) is 10.5. The average Bonchev–Trinajstić information content (AvgIpc) is 2.86. The van der Waals surface area contributed by atoms with Crippen molar-refractivity contribution in [1.82, 2.24) is 20.8 Å². The molecule has 0 atom stereocenters. The van der Waals surface area contributed by atoms with Gasteiger partial charge in [0.15, 0.2) is 10.9 Å². The Morgan fingerprint density at radius 1 is 1.53 bits per heavy atom. The van der Waals surface area contributed by atoms with Gasteiger partial charge >= 0.3 is 0 Å². The molecule has 0 amide bonds. The topological polar surface area (TPSA) is 63.0 Å². The average molecular weight is 226 g/mol. The van der Waals surface area contributed by atoms with Crippen LogP contribution in [0.15, 0.2) is 10.9 Å². The van der Waals surface area contributed by atoms with Gasteiger partial charge in [-0.15, -0.1) is 0 Å². The van der Waals surface area contributed by atoms with E-state index in [1.807, 2.05) is 0 Å². The number of nitrogens with one attached hydrogen (secondary N) is 2. The number of hydrogen-bond donors (Lipinski definition) is 2. The molecule has 0 aromatic carbocycles. The maximum Gasteiger partial charge on any atom is 0.213 e. The quantitative estimate of drug-likeness (QED) is 0.749. The summed E-state index contributed by atoms with van der Waals surface area (Å²) >= 11 is 5.16. The largest absolute Gasteiger partial charge is 0.360 e. The summed E-state index contributed by atoms with van der Waals surface area (Å²) in [5.41, 5.74) is 0. The summed E-state index contributed by atoms with van der Waals surface area (Å²) in [6, 6.07) is 0.537. The molecule has 1 aliphatic rings. The number of hydrogen-bond acceptors (Lipinski definition) is 4.